The highest BCUT2D eigenvalue weighted by Gasteiger charge is 2.43. The lowest BCUT2D eigenvalue weighted by Crippen LogP contribution is -2.40. The molecule has 198 valence electrons. The average molecular weight is 543 g/mol. The minimum atomic E-state index is -0.983. The zero-order chi connectivity index (χ0) is 26.6. The SMILES string of the molecule is O=C1/C=C\C(=O)ON2C(=O)N(CCNCCCOc3cn(-c4ccc(F)cc4)c4ccc(Cl)cc34)CC2O1. The van der Waals surface area contributed by atoms with Gasteiger partial charge in [0, 0.05) is 41.3 Å². The third-order valence-electron chi connectivity index (χ3n) is 6.04. The normalized spacial score (nSPS) is 18.2. The summed E-state index contributed by atoms with van der Waals surface area (Å²) in [6, 6.07) is 11.2. The number of aromatic nitrogens is 1. The number of esters is 1. The largest absolute Gasteiger partial charge is 0.491 e. The topological polar surface area (TPSA) is 102 Å². The molecule has 10 nitrogen and oxygen atoms in total. The molecule has 1 N–H and O–H groups in total. The number of nitrogens with one attached hydrogen (secondary N) is 1. The molecule has 38 heavy (non-hydrogen) atoms. The van der Waals surface area contributed by atoms with Crippen molar-refractivity contribution in [1.82, 2.24) is 19.8 Å². The third-order valence-corrected chi connectivity index (χ3v) is 6.28. The molecular weight excluding hydrogens is 519 g/mol. The van der Waals surface area contributed by atoms with Gasteiger partial charge in [0.05, 0.1) is 24.9 Å². The summed E-state index contributed by atoms with van der Waals surface area (Å²) in [6.45, 7) is 1.96. The first-order chi connectivity index (χ1) is 18.4. The van der Waals surface area contributed by atoms with Crippen molar-refractivity contribution in [3.8, 4) is 11.4 Å². The van der Waals surface area contributed by atoms with Gasteiger partial charge in [-0.15, -0.1) is 5.06 Å². The molecular formula is C26H24ClFN4O6. The van der Waals surface area contributed by atoms with Gasteiger partial charge >= 0.3 is 18.0 Å². The Balaban J connectivity index is 1.10. The van der Waals surface area contributed by atoms with Crippen molar-refractivity contribution in [2.24, 2.45) is 0 Å². The number of ether oxygens (including phenoxy) is 2. The zero-order valence-electron chi connectivity index (χ0n) is 20.1. The molecule has 0 spiro atoms. The first-order valence-electron chi connectivity index (χ1n) is 12.0. The van der Waals surface area contributed by atoms with Gasteiger partial charge in [-0.2, -0.15) is 0 Å². The monoisotopic (exact) mass is 542 g/mol. The highest BCUT2D eigenvalue weighted by atomic mass is 35.5. The Morgan fingerprint density at radius 2 is 1.84 bits per heavy atom. The smallest absolute Gasteiger partial charge is 0.357 e. The number of fused-ring (bicyclic) bond motifs is 2. The van der Waals surface area contributed by atoms with Crippen LogP contribution < -0.4 is 10.1 Å². The Bertz CT molecular complexity index is 1390. The zero-order valence-corrected chi connectivity index (χ0v) is 20.9. The van der Waals surface area contributed by atoms with Crippen LogP contribution in [0.15, 0.2) is 60.8 Å². The maximum atomic E-state index is 13.4. The van der Waals surface area contributed by atoms with Gasteiger partial charge in [-0.1, -0.05) is 11.6 Å². The van der Waals surface area contributed by atoms with Crippen molar-refractivity contribution >= 4 is 40.5 Å². The van der Waals surface area contributed by atoms with Crippen LogP contribution in [0.1, 0.15) is 6.42 Å². The molecule has 0 bridgehead atoms. The lowest BCUT2D eigenvalue weighted by molar-refractivity contribution is -0.205. The standard InChI is InChI=1S/C26H24ClFN4O6/c27-17-2-7-21-20(14-17)22(15-31(21)19-5-3-18(28)4-6-19)36-13-1-10-29-11-12-30-16-23-32(26(30)35)38-25(34)9-8-24(33)37-23/h2-9,14-15,23,29H,1,10-13,16H2/b9-8-. The van der Waals surface area contributed by atoms with Gasteiger partial charge in [0.2, 0.25) is 6.23 Å². The molecule has 2 amide bonds. The van der Waals surface area contributed by atoms with E-state index in [1.165, 1.54) is 17.0 Å². The van der Waals surface area contributed by atoms with E-state index >= 15 is 0 Å². The fraction of sp³-hybridized carbons (Fsp3) is 0.269. The first kappa shape index (κ1) is 25.6. The molecule has 5 rings (SSSR count). The van der Waals surface area contributed by atoms with Crippen LogP contribution >= 0.6 is 11.6 Å². The second-order valence-electron chi connectivity index (χ2n) is 8.64. The summed E-state index contributed by atoms with van der Waals surface area (Å²) in [5.74, 6) is -1.18. The summed E-state index contributed by atoms with van der Waals surface area (Å²) in [5, 5.41) is 5.46. The second-order valence-corrected chi connectivity index (χ2v) is 9.08. The quantitative estimate of drug-likeness (QED) is 0.326. The number of benzene rings is 2. The first-order valence-corrected chi connectivity index (χ1v) is 12.4. The maximum Gasteiger partial charge on any atom is 0.357 e. The van der Waals surface area contributed by atoms with Gasteiger partial charge in [-0.05, 0) is 55.4 Å². The van der Waals surface area contributed by atoms with Crippen LogP contribution in [0.3, 0.4) is 0 Å². The lowest BCUT2D eigenvalue weighted by Gasteiger charge is -2.21. The summed E-state index contributed by atoms with van der Waals surface area (Å²) in [7, 11) is 0. The van der Waals surface area contributed by atoms with Crippen LogP contribution in [0, 0.1) is 5.82 Å². The molecule has 3 heterocycles. The Hall–Kier alpha value is -4.09. The van der Waals surface area contributed by atoms with Gasteiger partial charge in [0.1, 0.15) is 11.6 Å². The molecule has 1 fully saturated rings. The number of hydrogen-bond donors (Lipinski definition) is 1. The summed E-state index contributed by atoms with van der Waals surface area (Å²) in [4.78, 5) is 42.2. The van der Waals surface area contributed by atoms with Gasteiger partial charge in [0.25, 0.3) is 0 Å². The van der Waals surface area contributed by atoms with E-state index in [1.807, 2.05) is 22.9 Å². The molecule has 0 radical (unpaired) electrons. The minimum absolute atomic E-state index is 0.0944. The van der Waals surface area contributed by atoms with Crippen molar-refractivity contribution in [3.05, 3.63) is 71.7 Å². The van der Waals surface area contributed by atoms with E-state index < -0.39 is 24.2 Å². The molecule has 1 atom stereocenters. The number of hydroxylamine groups is 2. The van der Waals surface area contributed by atoms with Crippen LogP contribution in [0.4, 0.5) is 9.18 Å². The van der Waals surface area contributed by atoms with Crippen molar-refractivity contribution in [2.45, 2.75) is 12.6 Å². The van der Waals surface area contributed by atoms with E-state index in [-0.39, 0.29) is 12.4 Å². The molecule has 12 heteroatoms. The lowest BCUT2D eigenvalue weighted by atomic mass is 10.2. The van der Waals surface area contributed by atoms with Crippen LogP contribution in [-0.2, 0) is 19.2 Å². The Labute approximate surface area is 222 Å². The number of urea groups is 1. The average Bonchev–Trinajstić information content (AvgIpc) is 3.38. The minimum Gasteiger partial charge on any atom is -0.491 e. The number of hydrogen-bond acceptors (Lipinski definition) is 7. The Kier molecular flexibility index (Phi) is 7.47. The van der Waals surface area contributed by atoms with Gasteiger partial charge in [0.15, 0.2) is 0 Å². The van der Waals surface area contributed by atoms with Crippen molar-refractivity contribution in [1.29, 1.82) is 0 Å². The van der Waals surface area contributed by atoms with E-state index in [2.05, 4.69) is 5.32 Å². The van der Waals surface area contributed by atoms with Crippen molar-refractivity contribution in [2.75, 3.05) is 32.8 Å². The highest BCUT2D eigenvalue weighted by molar-refractivity contribution is 6.31. The molecule has 1 unspecified atom stereocenters. The summed E-state index contributed by atoms with van der Waals surface area (Å²) in [6.07, 6.45) is 3.43. The van der Waals surface area contributed by atoms with Gasteiger partial charge in [-0.25, -0.2) is 18.8 Å². The van der Waals surface area contributed by atoms with E-state index in [0.717, 1.165) is 33.8 Å². The summed E-state index contributed by atoms with van der Waals surface area (Å²) in [5.41, 5.74) is 1.69. The van der Waals surface area contributed by atoms with Crippen LogP contribution in [0.2, 0.25) is 5.02 Å². The van der Waals surface area contributed by atoms with Gasteiger partial charge in [-0.3, -0.25) is 0 Å². The van der Waals surface area contributed by atoms with E-state index in [4.69, 9.17) is 25.9 Å². The molecule has 2 aliphatic rings. The van der Waals surface area contributed by atoms with Gasteiger partial charge < -0.3 is 29.1 Å². The number of amides is 2. The van der Waals surface area contributed by atoms with E-state index in [9.17, 15) is 18.8 Å². The van der Waals surface area contributed by atoms with Crippen LogP contribution in [0.5, 0.6) is 5.75 Å². The summed E-state index contributed by atoms with van der Waals surface area (Å²) < 4.78 is 26.5. The number of carbonyl (C=O) groups is 3. The number of nitrogens with zero attached hydrogens (tertiary/aromatic N) is 3. The molecule has 3 aromatic rings. The predicted octanol–water partition coefficient (Wildman–Crippen LogP) is 3.42. The van der Waals surface area contributed by atoms with Crippen LogP contribution in [0.25, 0.3) is 16.6 Å². The molecule has 1 saturated heterocycles. The van der Waals surface area contributed by atoms with Crippen molar-refractivity contribution < 1.29 is 33.1 Å². The number of halogens is 2. The molecule has 0 saturated carbocycles. The molecule has 0 aliphatic carbocycles. The highest BCUT2D eigenvalue weighted by Crippen LogP contribution is 2.33. The second kappa shape index (κ2) is 11.1. The Morgan fingerprint density at radius 3 is 2.66 bits per heavy atom. The summed E-state index contributed by atoms with van der Waals surface area (Å²) >= 11 is 6.21. The molecule has 2 aromatic carbocycles. The molecule has 1 aromatic heterocycles. The van der Waals surface area contributed by atoms with Crippen LogP contribution in [-0.4, -0.2) is 71.5 Å². The fourth-order valence-corrected chi connectivity index (χ4v) is 4.40. The number of carbonyl (C=O) groups excluding carboxylic acids is 3. The number of rotatable bonds is 9. The fourth-order valence-electron chi connectivity index (χ4n) is 4.23. The predicted molar refractivity (Wildman–Crippen MR) is 135 cm³/mol. The van der Waals surface area contributed by atoms with E-state index in [1.54, 1.807) is 18.2 Å². The third kappa shape index (κ3) is 5.58. The maximum absolute atomic E-state index is 13.4. The van der Waals surface area contributed by atoms with Crippen molar-refractivity contribution in [3.63, 3.8) is 0 Å². The molecule has 2 aliphatic heterocycles. The Morgan fingerprint density at radius 1 is 1.05 bits per heavy atom. The van der Waals surface area contributed by atoms with E-state index in [0.29, 0.717) is 43.4 Å².